The molecule has 0 spiro atoms. The van der Waals surface area contributed by atoms with Crippen LogP contribution >= 0.6 is 0 Å². The lowest BCUT2D eigenvalue weighted by atomic mass is 10.0. The molecule has 0 nitrogen and oxygen atoms in total. The Morgan fingerprint density at radius 1 is 0.647 bits per heavy atom. The Hall–Kier alpha value is -1.56. The molecule has 0 aliphatic heterocycles. The fraction of sp³-hybridized carbons (Fsp3) is 0.294. The summed E-state index contributed by atoms with van der Waals surface area (Å²) in [6.45, 7) is 0. The van der Waals surface area contributed by atoms with E-state index in [0.29, 0.717) is 0 Å². The minimum absolute atomic E-state index is 0.914. The van der Waals surface area contributed by atoms with Crippen molar-refractivity contribution in [1.82, 2.24) is 0 Å². The molecule has 0 aromatic heterocycles. The molecule has 0 saturated heterocycles. The molecule has 2 aromatic rings. The smallest absolute Gasteiger partial charge is 0.0248 e. The maximum atomic E-state index is 2.25. The van der Waals surface area contributed by atoms with Crippen LogP contribution in [0.5, 0.6) is 0 Å². The molecule has 1 aliphatic carbocycles. The first-order chi connectivity index (χ1) is 8.42. The summed E-state index contributed by atoms with van der Waals surface area (Å²) in [5.41, 5.74) is 2.99. The van der Waals surface area contributed by atoms with Gasteiger partial charge in [0.25, 0.3) is 0 Å². The lowest BCUT2D eigenvalue weighted by molar-refractivity contribution is 0.693. The van der Waals surface area contributed by atoms with Gasteiger partial charge in [0, 0.05) is 0 Å². The van der Waals surface area contributed by atoms with Crippen molar-refractivity contribution in [3.8, 4) is 0 Å². The molecule has 2 aromatic carbocycles. The van der Waals surface area contributed by atoms with E-state index in [1.165, 1.54) is 30.4 Å². The average Bonchev–Trinajstić information content (AvgIpc) is 3.10. The van der Waals surface area contributed by atoms with E-state index in [1.807, 2.05) is 0 Å². The molecule has 0 heterocycles. The van der Waals surface area contributed by atoms with Crippen LogP contribution in [0, 0.1) is 11.8 Å². The Morgan fingerprint density at radius 2 is 1.06 bits per heavy atom. The molecule has 0 N–H and O–H groups in total. The first-order valence-corrected chi connectivity index (χ1v) is 6.49. The predicted molar refractivity (Wildman–Crippen MR) is 71.9 cm³/mol. The molecule has 0 heteroatoms. The minimum atomic E-state index is 0.914. The summed E-state index contributed by atoms with van der Waals surface area (Å²) in [7, 11) is 0. The highest BCUT2D eigenvalue weighted by Gasteiger charge is 2.36. The monoisotopic (exact) mass is 222 g/mol. The van der Waals surface area contributed by atoms with Gasteiger partial charge in [-0.25, -0.2) is 0 Å². The van der Waals surface area contributed by atoms with Crippen molar-refractivity contribution in [2.45, 2.75) is 19.3 Å². The first kappa shape index (κ1) is 10.6. The van der Waals surface area contributed by atoms with Crippen LogP contribution < -0.4 is 0 Å². The van der Waals surface area contributed by atoms with Crippen molar-refractivity contribution < 1.29 is 0 Å². The van der Waals surface area contributed by atoms with Crippen molar-refractivity contribution in [3.63, 3.8) is 0 Å². The third-order valence-electron chi connectivity index (χ3n) is 3.75. The number of hydrogen-bond donors (Lipinski definition) is 0. The average molecular weight is 222 g/mol. The van der Waals surface area contributed by atoms with Crippen molar-refractivity contribution in [2.24, 2.45) is 11.8 Å². The summed E-state index contributed by atoms with van der Waals surface area (Å²) >= 11 is 0. The van der Waals surface area contributed by atoms with Crippen LogP contribution in [0.1, 0.15) is 17.5 Å². The number of hydrogen-bond acceptors (Lipinski definition) is 0. The molecule has 1 fully saturated rings. The maximum absolute atomic E-state index is 2.25. The highest BCUT2D eigenvalue weighted by molar-refractivity contribution is 5.20. The highest BCUT2D eigenvalue weighted by Crippen LogP contribution is 2.43. The fourth-order valence-corrected chi connectivity index (χ4v) is 2.64. The van der Waals surface area contributed by atoms with Crippen LogP contribution in [0.2, 0.25) is 0 Å². The van der Waals surface area contributed by atoms with Crippen molar-refractivity contribution in [2.75, 3.05) is 0 Å². The zero-order chi connectivity index (χ0) is 11.5. The second-order valence-electron chi connectivity index (χ2n) is 5.14. The molecule has 3 rings (SSSR count). The number of rotatable bonds is 4. The molecular formula is C17H18. The molecule has 86 valence electrons. The zero-order valence-electron chi connectivity index (χ0n) is 10.0. The second-order valence-corrected chi connectivity index (χ2v) is 5.14. The normalized spacial score (nSPS) is 22.4. The van der Waals surface area contributed by atoms with Gasteiger partial charge >= 0.3 is 0 Å². The molecule has 0 radical (unpaired) electrons. The molecule has 17 heavy (non-hydrogen) atoms. The van der Waals surface area contributed by atoms with Gasteiger partial charge in [-0.1, -0.05) is 60.7 Å². The zero-order valence-corrected chi connectivity index (χ0v) is 10.0. The van der Waals surface area contributed by atoms with Crippen molar-refractivity contribution in [3.05, 3.63) is 71.8 Å². The van der Waals surface area contributed by atoms with E-state index in [9.17, 15) is 0 Å². The van der Waals surface area contributed by atoms with E-state index in [-0.39, 0.29) is 0 Å². The molecule has 1 aliphatic rings. The van der Waals surface area contributed by atoms with Crippen LogP contribution in [0.4, 0.5) is 0 Å². The van der Waals surface area contributed by atoms with Crippen molar-refractivity contribution >= 4 is 0 Å². The lowest BCUT2D eigenvalue weighted by Crippen LogP contribution is -1.93. The second kappa shape index (κ2) is 4.75. The van der Waals surface area contributed by atoms with E-state index in [1.54, 1.807) is 0 Å². The topological polar surface area (TPSA) is 0 Å². The van der Waals surface area contributed by atoms with Gasteiger partial charge < -0.3 is 0 Å². The Kier molecular flexibility index (Phi) is 2.96. The molecule has 2 atom stereocenters. The van der Waals surface area contributed by atoms with Crippen LogP contribution in [-0.4, -0.2) is 0 Å². The highest BCUT2D eigenvalue weighted by atomic mass is 14.4. The third kappa shape index (κ3) is 2.76. The molecular weight excluding hydrogens is 204 g/mol. The van der Waals surface area contributed by atoms with Gasteiger partial charge in [-0.05, 0) is 42.2 Å². The summed E-state index contributed by atoms with van der Waals surface area (Å²) in [6, 6.07) is 21.8. The SMILES string of the molecule is c1ccc(CC2CC2Cc2ccccc2)cc1. The number of benzene rings is 2. The summed E-state index contributed by atoms with van der Waals surface area (Å²) < 4.78 is 0. The standard InChI is InChI=1S/C17H18/c1-3-7-14(8-4-1)11-16-13-17(16)12-15-9-5-2-6-10-15/h1-10,16-17H,11-13H2. The lowest BCUT2D eigenvalue weighted by Gasteiger charge is -2.01. The van der Waals surface area contributed by atoms with Gasteiger partial charge in [-0.2, -0.15) is 0 Å². The molecule has 0 bridgehead atoms. The van der Waals surface area contributed by atoms with E-state index >= 15 is 0 Å². The van der Waals surface area contributed by atoms with Gasteiger partial charge in [-0.3, -0.25) is 0 Å². The van der Waals surface area contributed by atoms with E-state index < -0.39 is 0 Å². The summed E-state index contributed by atoms with van der Waals surface area (Å²) in [6.07, 6.45) is 3.93. The van der Waals surface area contributed by atoms with Crippen LogP contribution in [0.25, 0.3) is 0 Å². The Morgan fingerprint density at radius 3 is 1.47 bits per heavy atom. The largest absolute Gasteiger partial charge is 0.0622 e. The van der Waals surface area contributed by atoms with Crippen LogP contribution in [0.3, 0.4) is 0 Å². The van der Waals surface area contributed by atoms with E-state index in [2.05, 4.69) is 60.7 Å². The molecule has 0 amide bonds. The van der Waals surface area contributed by atoms with Crippen LogP contribution in [-0.2, 0) is 12.8 Å². The molecule has 2 unspecified atom stereocenters. The maximum Gasteiger partial charge on any atom is -0.0248 e. The molecule has 1 saturated carbocycles. The first-order valence-electron chi connectivity index (χ1n) is 6.49. The van der Waals surface area contributed by atoms with Gasteiger partial charge in [0.15, 0.2) is 0 Å². The fourth-order valence-electron chi connectivity index (χ4n) is 2.64. The van der Waals surface area contributed by atoms with Gasteiger partial charge in [0.2, 0.25) is 0 Å². The Bertz CT molecular complexity index is 412. The van der Waals surface area contributed by atoms with E-state index in [4.69, 9.17) is 0 Å². The predicted octanol–water partition coefficient (Wildman–Crippen LogP) is 4.11. The van der Waals surface area contributed by atoms with Gasteiger partial charge in [-0.15, -0.1) is 0 Å². The quantitative estimate of drug-likeness (QED) is 0.730. The third-order valence-corrected chi connectivity index (χ3v) is 3.75. The summed E-state index contributed by atoms with van der Waals surface area (Å²) in [5, 5.41) is 0. The summed E-state index contributed by atoms with van der Waals surface area (Å²) in [4.78, 5) is 0. The van der Waals surface area contributed by atoms with Gasteiger partial charge in [0.1, 0.15) is 0 Å². The summed E-state index contributed by atoms with van der Waals surface area (Å²) in [5.74, 6) is 1.83. The van der Waals surface area contributed by atoms with Crippen molar-refractivity contribution in [1.29, 1.82) is 0 Å². The van der Waals surface area contributed by atoms with E-state index in [0.717, 1.165) is 11.8 Å². The minimum Gasteiger partial charge on any atom is -0.0622 e. The Labute approximate surface area is 103 Å². The van der Waals surface area contributed by atoms with Gasteiger partial charge in [0.05, 0.1) is 0 Å². The van der Waals surface area contributed by atoms with Crippen LogP contribution in [0.15, 0.2) is 60.7 Å². The Balaban J connectivity index is 1.54.